The number of aromatic nitrogens is 1. The van der Waals surface area contributed by atoms with Crippen molar-refractivity contribution in [2.45, 2.75) is 39.0 Å². The van der Waals surface area contributed by atoms with Gasteiger partial charge in [-0.05, 0) is 37.6 Å². The van der Waals surface area contributed by atoms with Gasteiger partial charge in [0.15, 0.2) is 11.9 Å². The molecule has 13 heteroatoms. The number of pyridine rings is 1. The highest BCUT2D eigenvalue weighted by Gasteiger charge is 2.37. The van der Waals surface area contributed by atoms with Crippen LogP contribution in [0.2, 0.25) is 0 Å². The first-order chi connectivity index (χ1) is 18.6. The zero-order chi connectivity index (χ0) is 28.2. The molecule has 1 aliphatic heterocycles. The Morgan fingerprint density at radius 1 is 1.38 bits per heavy atom. The molecule has 0 aliphatic carbocycles. The van der Waals surface area contributed by atoms with E-state index in [0.717, 1.165) is 16.5 Å². The summed E-state index contributed by atoms with van der Waals surface area (Å²) < 4.78 is 27.9. The standard InChI is InChI=1S/C26H28N5O7P/c1-16-19-7-4-5-8-21(19)37-22(16)15-31(3)23(32)10-9-18-13-20-25(28-14-18)30-26(33)24(17(2)29-20)38-39(34,35)36-12-6-11-27/h4-5,7-10,13-14,17,24,29H,6,12,15H2,1-3H3,(H,34,35)(H,28,30,33)/b10-9+/t17-,24+/m1/s1. The third-order valence-corrected chi connectivity index (χ3v) is 7.08. The van der Waals surface area contributed by atoms with Gasteiger partial charge in [-0.15, -0.1) is 0 Å². The van der Waals surface area contributed by atoms with E-state index in [9.17, 15) is 19.0 Å². The lowest BCUT2D eigenvalue weighted by molar-refractivity contribution is -0.125. The van der Waals surface area contributed by atoms with E-state index in [-0.39, 0.29) is 24.8 Å². The molecule has 0 saturated heterocycles. The number of phosphoric acid groups is 1. The molecular weight excluding hydrogens is 525 g/mol. The predicted octanol–water partition coefficient (Wildman–Crippen LogP) is 3.98. The second kappa shape index (κ2) is 11.8. The summed E-state index contributed by atoms with van der Waals surface area (Å²) in [5.74, 6) is -0.0406. The van der Waals surface area contributed by atoms with Gasteiger partial charge < -0.3 is 24.8 Å². The Kier molecular flexibility index (Phi) is 8.47. The van der Waals surface area contributed by atoms with Gasteiger partial charge in [0, 0.05) is 30.3 Å². The molecule has 3 aromatic rings. The van der Waals surface area contributed by atoms with E-state index >= 15 is 0 Å². The fourth-order valence-corrected chi connectivity index (χ4v) is 4.95. The van der Waals surface area contributed by atoms with Gasteiger partial charge in [-0.1, -0.05) is 18.2 Å². The fourth-order valence-electron chi connectivity index (χ4n) is 4.00. The number of amides is 2. The Bertz CT molecular complexity index is 1510. The molecule has 39 heavy (non-hydrogen) atoms. The Morgan fingerprint density at radius 3 is 2.90 bits per heavy atom. The molecule has 0 saturated carbocycles. The summed E-state index contributed by atoms with van der Waals surface area (Å²) in [6, 6.07) is 10.4. The predicted molar refractivity (Wildman–Crippen MR) is 143 cm³/mol. The van der Waals surface area contributed by atoms with Gasteiger partial charge >= 0.3 is 7.82 Å². The number of phosphoric ester groups is 1. The van der Waals surface area contributed by atoms with E-state index in [4.69, 9.17) is 18.7 Å². The fraction of sp³-hybridized carbons (Fsp3) is 0.308. The van der Waals surface area contributed by atoms with Crippen LogP contribution in [0.1, 0.15) is 30.2 Å². The summed E-state index contributed by atoms with van der Waals surface area (Å²) in [6.45, 7) is 3.53. The maximum Gasteiger partial charge on any atom is 0.473 e. The highest BCUT2D eigenvalue weighted by Crippen LogP contribution is 2.46. The van der Waals surface area contributed by atoms with Crippen LogP contribution in [0, 0.1) is 18.3 Å². The topological polar surface area (TPSA) is 167 Å². The van der Waals surface area contributed by atoms with Crippen molar-refractivity contribution in [3.8, 4) is 6.07 Å². The Balaban J connectivity index is 1.42. The average Bonchev–Trinajstić information content (AvgIpc) is 3.15. The molecule has 2 aromatic heterocycles. The Hall–Kier alpha value is -4.01. The van der Waals surface area contributed by atoms with Crippen LogP contribution in [0.3, 0.4) is 0 Å². The molecule has 0 fully saturated rings. The van der Waals surface area contributed by atoms with E-state index in [2.05, 4.69) is 15.6 Å². The van der Waals surface area contributed by atoms with Crippen LogP contribution in [-0.4, -0.2) is 52.4 Å². The Labute approximate surface area is 224 Å². The number of fused-ring (bicyclic) bond motifs is 2. The van der Waals surface area contributed by atoms with Crippen molar-refractivity contribution in [3.05, 3.63) is 59.5 Å². The summed E-state index contributed by atoms with van der Waals surface area (Å²) in [5.41, 5.74) is 2.77. The molecule has 1 aliphatic rings. The zero-order valence-corrected chi connectivity index (χ0v) is 22.5. The van der Waals surface area contributed by atoms with Crippen LogP contribution >= 0.6 is 7.82 Å². The van der Waals surface area contributed by atoms with Crippen LogP contribution < -0.4 is 10.6 Å². The zero-order valence-electron chi connectivity index (χ0n) is 21.6. The highest BCUT2D eigenvalue weighted by atomic mass is 31.2. The van der Waals surface area contributed by atoms with E-state index in [1.54, 1.807) is 32.2 Å². The lowest BCUT2D eigenvalue weighted by Crippen LogP contribution is -2.40. The summed E-state index contributed by atoms with van der Waals surface area (Å²) in [5, 5.41) is 15.2. The normalized spacial score (nSPS) is 18.5. The number of anilines is 2. The van der Waals surface area contributed by atoms with E-state index in [0.29, 0.717) is 23.6 Å². The smallest absolute Gasteiger partial charge is 0.459 e. The van der Waals surface area contributed by atoms with Gasteiger partial charge in [0.05, 0.1) is 37.4 Å². The maximum atomic E-state index is 12.8. The summed E-state index contributed by atoms with van der Waals surface area (Å²) in [4.78, 5) is 41.1. The van der Waals surface area contributed by atoms with Crippen LogP contribution in [0.15, 0.2) is 47.0 Å². The Morgan fingerprint density at radius 2 is 2.15 bits per heavy atom. The van der Waals surface area contributed by atoms with Crippen molar-refractivity contribution in [1.82, 2.24) is 9.88 Å². The molecule has 2 amide bonds. The highest BCUT2D eigenvalue weighted by molar-refractivity contribution is 7.47. The first kappa shape index (κ1) is 28.0. The molecule has 12 nitrogen and oxygen atoms in total. The second-order valence-corrected chi connectivity index (χ2v) is 10.4. The first-order valence-corrected chi connectivity index (χ1v) is 13.6. The number of carbonyl (C=O) groups excluding carboxylic acids is 2. The molecule has 3 heterocycles. The average molecular weight is 554 g/mol. The molecule has 1 aromatic carbocycles. The van der Waals surface area contributed by atoms with Gasteiger partial charge in [-0.25, -0.2) is 9.55 Å². The minimum atomic E-state index is -4.59. The van der Waals surface area contributed by atoms with Crippen LogP contribution in [0.5, 0.6) is 0 Å². The number of benzene rings is 1. The minimum Gasteiger partial charge on any atom is -0.459 e. The van der Waals surface area contributed by atoms with Crippen molar-refractivity contribution < 1.29 is 32.5 Å². The molecule has 4 rings (SSSR count). The minimum absolute atomic E-state index is 0.109. The van der Waals surface area contributed by atoms with Gasteiger partial charge in [0.1, 0.15) is 11.3 Å². The monoisotopic (exact) mass is 553 g/mol. The number of likely N-dealkylation sites (N-methyl/N-ethyl adjacent to an activating group) is 1. The van der Waals surface area contributed by atoms with Crippen molar-refractivity contribution in [3.63, 3.8) is 0 Å². The number of furan rings is 1. The second-order valence-electron chi connectivity index (χ2n) is 9.00. The lowest BCUT2D eigenvalue weighted by atomic mass is 10.1. The molecule has 1 unspecified atom stereocenters. The number of para-hydroxylation sites is 1. The van der Waals surface area contributed by atoms with Crippen molar-refractivity contribution in [1.29, 1.82) is 5.26 Å². The van der Waals surface area contributed by atoms with Crippen molar-refractivity contribution in [2.75, 3.05) is 24.3 Å². The summed E-state index contributed by atoms with van der Waals surface area (Å²) in [6.07, 6.45) is 2.99. The van der Waals surface area contributed by atoms with Crippen molar-refractivity contribution >= 4 is 48.2 Å². The molecule has 0 radical (unpaired) electrons. The SMILES string of the molecule is Cc1c(CN(C)C(=O)/C=C/c2cnc3c(c2)N[C@H](C)[C@H](OP(=O)(O)OCCC#N)C(=O)N3)oc2ccccc12. The largest absolute Gasteiger partial charge is 0.473 e. The van der Waals surface area contributed by atoms with Crippen LogP contribution in [0.4, 0.5) is 11.5 Å². The number of hydrogen-bond acceptors (Lipinski definition) is 9. The maximum absolute atomic E-state index is 12.8. The van der Waals surface area contributed by atoms with E-state index in [1.807, 2.05) is 31.2 Å². The van der Waals surface area contributed by atoms with Crippen LogP contribution in [0.25, 0.3) is 17.0 Å². The summed E-state index contributed by atoms with van der Waals surface area (Å²) in [7, 11) is -2.91. The first-order valence-electron chi connectivity index (χ1n) is 12.1. The van der Waals surface area contributed by atoms with E-state index < -0.39 is 25.9 Å². The molecule has 0 spiro atoms. The molecule has 3 atom stereocenters. The van der Waals surface area contributed by atoms with Gasteiger partial charge in [0.25, 0.3) is 5.91 Å². The van der Waals surface area contributed by atoms with Crippen molar-refractivity contribution in [2.24, 2.45) is 0 Å². The molecular formula is C26H28N5O7P. The number of nitrogens with zero attached hydrogens (tertiary/aromatic N) is 3. The number of rotatable bonds is 9. The molecule has 0 bridgehead atoms. The van der Waals surface area contributed by atoms with Crippen LogP contribution in [-0.2, 0) is 29.7 Å². The number of aryl methyl sites for hydroxylation is 1. The van der Waals surface area contributed by atoms with E-state index in [1.165, 1.54) is 17.2 Å². The quantitative estimate of drug-likeness (QED) is 0.200. The number of nitriles is 1. The number of hydrogen-bond donors (Lipinski definition) is 3. The molecule has 3 N–H and O–H groups in total. The number of nitrogens with one attached hydrogen (secondary N) is 2. The number of carbonyl (C=O) groups is 2. The molecule has 204 valence electrons. The lowest BCUT2D eigenvalue weighted by Gasteiger charge is -2.23. The van der Waals surface area contributed by atoms with Gasteiger partial charge in [-0.3, -0.25) is 18.6 Å². The summed E-state index contributed by atoms with van der Waals surface area (Å²) >= 11 is 0. The third kappa shape index (κ3) is 6.71. The third-order valence-electron chi connectivity index (χ3n) is 6.08. The van der Waals surface area contributed by atoms with Gasteiger partial charge in [0.2, 0.25) is 5.91 Å². The van der Waals surface area contributed by atoms with Gasteiger partial charge in [-0.2, -0.15) is 5.26 Å².